The van der Waals surface area contributed by atoms with Crippen molar-refractivity contribution in [3.05, 3.63) is 21.8 Å². The fourth-order valence-electron chi connectivity index (χ4n) is 1.91. The molecule has 3 heteroatoms. The zero-order valence-corrected chi connectivity index (χ0v) is 10.4. The van der Waals surface area contributed by atoms with Gasteiger partial charge < -0.3 is 11.1 Å². The first-order valence-corrected chi connectivity index (χ1v) is 6.04. The molecule has 0 saturated heterocycles. The molecule has 1 saturated carbocycles. The second-order valence-electron chi connectivity index (χ2n) is 4.15. The summed E-state index contributed by atoms with van der Waals surface area (Å²) < 4.78 is 1.19. The Kier molecular flexibility index (Phi) is 2.85. The van der Waals surface area contributed by atoms with Crippen LogP contribution in [0.4, 0.5) is 11.4 Å². The second kappa shape index (κ2) is 3.96. The predicted octanol–water partition coefficient (Wildman–Crippen LogP) is 3.08. The Morgan fingerprint density at radius 1 is 1.43 bits per heavy atom. The molecule has 76 valence electrons. The Morgan fingerprint density at radius 3 is 2.71 bits per heavy atom. The van der Waals surface area contributed by atoms with E-state index in [1.54, 1.807) is 0 Å². The Balaban J connectivity index is 2.02. The third-order valence-electron chi connectivity index (χ3n) is 2.75. The molecule has 0 aromatic heterocycles. The smallest absolute Gasteiger partial charge is 0.0576 e. The number of anilines is 2. The molecule has 14 heavy (non-hydrogen) atoms. The fraction of sp³-hybridized carbons (Fsp3) is 0.455. The van der Waals surface area contributed by atoms with Crippen molar-refractivity contribution in [2.45, 2.75) is 25.8 Å². The van der Waals surface area contributed by atoms with Crippen LogP contribution in [0.3, 0.4) is 0 Å². The number of nitrogens with two attached hydrogens (primary N) is 1. The van der Waals surface area contributed by atoms with E-state index in [4.69, 9.17) is 5.73 Å². The lowest BCUT2D eigenvalue weighted by molar-refractivity contribution is 0.309. The summed E-state index contributed by atoms with van der Waals surface area (Å²) in [5.74, 6) is 0.873. The van der Waals surface area contributed by atoms with Gasteiger partial charge in [-0.1, -0.05) is 6.92 Å². The lowest BCUT2D eigenvalue weighted by Crippen LogP contribution is -2.33. The molecule has 0 spiro atoms. The standard InChI is InChI=1S/C11H15IN2/c1-7-4-9(5-7)14-11-3-2-8(12)6-10(11)13/h2-3,6-7,9,14H,4-5,13H2,1H3. The van der Waals surface area contributed by atoms with Crippen molar-refractivity contribution in [1.29, 1.82) is 0 Å². The molecule has 1 aromatic carbocycles. The van der Waals surface area contributed by atoms with Crippen molar-refractivity contribution in [2.24, 2.45) is 5.92 Å². The van der Waals surface area contributed by atoms with E-state index < -0.39 is 0 Å². The van der Waals surface area contributed by atoms with Crippen LogP contribution in [0.25, 0.3) is 0 Å². The van der Waals surface area contributed by atoms with Crippen LogP contribution in [-0.4, -0.2) is 6.04 Å². The van der Waals surface area contributed by atoms with Crippen molar-refractivity contribution in [3.8, 4) is 0 Å². The highest BCUT2D eigenvalue weighted by molar-refractivity contribution is 14.1. The minimum Gasteiger partial charge on any atom is -0.397 e. The number of benzene rings is 1. The first kappa shape index (κ1) is 10.1. The number of halogens is 1. The van der Waals surface area contributed by atoms with Gasteiger partial charge in [-0.2, -0.15) is 0 Å². The molecule has 0 amide bonds. The molecule has 0 aliphatic heterocycles. The SMILES string of the molecule is CC1CC(Nc2ccc(I)cc2N)C1. The highest BCUT2D eigenvalue weighted by Crippen LogP contribution is 2.31. The van der Waals surface area contributed by atoms with Gasteiger partial charge in [0.15, 0.2) is 0 Å². The molecular weight excluding hydrogens is 287 g/mol. The monoisotopic (exact) mass is 302 g/mol. The van der Waals surface area contributed by atoms with Crippen LogP contribution < -0.4 is 11.1 Å². The molecule has 1 aliphatic carbocycles. The Morgan fingerprint density at radius 2 is 2.14 bits per heavy atom. The maximum Gasteiger partial charge on any atom is 0.0576 e. The summed E-state index contributed by atoms with van der Waals surface area (Å²) in [5, 5.41) is 3.48. The average Bonchev–Trinajstić information content (AvgIpc) is 2.06. The minimum atomic E-state index is 0.632. The molecule has 1 aliphatic rings. The molecule has 1 fully saturated rings. The Labute approximate surface area is 98.4 Å². The first-order chi connectivity index (χ1) is 6.65. The lowest BCUT2D eigenvalue weighted by atomic mass is 9.82. The van der Waals surface area contributed by atoms with Crippen molar-refractivity contribution in [2.75, 3.05) is 11.1 Å². The largest absolute Gasteiger partial charge is 0.397 e. The van der Waals surface area contributed by atoms with Crippen molar-refractivity contribution < 1.29 is 0 Å². The molecule has 0 heterocycles. The summed E-state index contributed by atoms with van der Waals surface area (Å²) in [6.07, 6.45) is 2.54. The number of rotatable bonds is 2. The van der Waals surface area contributed by atoms with Crippen LogP contribution in [0.5, 0.6) is 0 Å². The van der Waals surface area contributed by atoms with Gasteiger partial charge in [-0.15, -0.1) is 0 Å². The Bertz CT molecular complexity index is 332. The van der Waals surface area contributed by atoms with Crippen molar-refractivity contribution >= 4 is 34.0 Å². The van der Waals surface area contributed by atoms with Gasteiger partial charge in [-0.3, -0.25) is 0 Å². The van der Waals surface area contributed by atoms with Crippen LogP contribution in [0.1, 0.15) is 19.8 Å². The summed E-state index contributed by atoms with van der Waals surface area (Å²) >= 11 is 2.27. The van der Waals surface area contributed by atoms with E-state index in [2.05, 4.69) is 47.0 Å². The van der Waals surface area contributed by atoms with Crippen LogP contribution in [0, 0.1) is 9.49 Å². The lowest BCUT2D eigenvalue weighted by Gasteiger charge is -2.34. The quantitative estimate of drug-likeness (QED) is 0.651. The van der Waals surface area contributed by atoms with Gasteiger partial charge in [-0.05, 0) is 59.5 Å². The highest BCUT2D eigenvalue weighted by atomic mass is 127. The molecular formula is C11H15IN2. The van der Waals surface area contributed by atoms with Gasteiger partial charge in [-0.25, -0.2) is 0 Å². The summed E-state index contributed by atoms with van der Waals surface area (Å²) in [7, 11) is 0. The number of hydrogen-bond donors (Lipinski definition) is 2. The minimum absolute atomic E-state index is 0.632. The van der Waals surface area contributed by atoms with Crippen LogP contribution in [-0.2, 0) is 0 Å². The molecule has 2 rings (SSSR count). The molecule has 2 nitrogen and oxygen atoms in total. The van der Waals surface area contributed by atoms with E-state index in [0.717, 1.165) is 17.3 Å². The molecule has 0 atom stereocenters. The van der Waals surface area contributed by atoms with Gasteiger partial charge in [0.25, 0.3) is 0 Å². The predicted molar refractivity (Wildman–Crippen MR) is 69.4 cm³/mol. The average molecular weight is 302 g/mol. The normalized spacial score (nSPS) is 25.6. The molecule has 3 N–H and O–H groups in total. The number of nitrogen functional groups attached to an aromatic ring is 1. The third kappa shape index (κ3) is 2.13. The van der Waals surface area contributed by atoms with Gasteiger partial charge in [0.05, 0.1) is 11.4 Å². The maximum atomic E-state index is 5.92. The van der Waals surface area contributed by atoms with Crippen LogP contribution in [0.15, 0.2) is 18.2 Å². The van der Waals surface area contributed by atoms with E-state index in [-0.39, 0.29) is 0 Å². The first-order valence-electron chi connectivity index (χ1n) is 4.96. The van der Waals surface area contributed by atoms with Gasteiger partial charge >= 0.3 is 0 Å². The fourth-order valence-corrected chi connectivity index (χ4v) is 2.42. The van der Waals surface area contributed by atoms with Gasteiger partial charge in [0, 0.05) is 9.61 Å². The molecule has 1 aromatic rings. The Hall–Kier alpha value is -0.450. The molecule has 0 bridgehead atoms. The summed E-state index contributed by atoms with van der Waals surface area (Å²) in [6.45, 7) is 2.29. The summed E-state index contributed by atoms with van der Waals surface area (Å²) in [5.41, 5.74) is 7.86. The summed E-state index contributed by atoms with van der Waals surface area (Å²) in [6, 6.07) is 6.79. The van der Waals surface area contributed by atoms with E-state index in [1.165, 1.54) is 16.4 Å². The van der Waals surface area contributed by atoms with E-state index in [1.807, 2.05) is 6.07 Å². The number of nitrogens with one attached hydrogen (secondary N) is 1. The zero-order valence-electron chi connectivity index (χ0n) is 8.26. The van der Waals surface area contributed by atoms with Crippen molar-refractivity contribution in [1.82, 2.24) is 0 Å². The maximum absolute atomic E-state index is 5.92. The molecule has 0 radical (unpaired) electrons. The third-order valence-corrected chi connectivity index (χ3v) is 3.42. The highest BCUT2D eigenvalue weighted by Gasteiger charge is 2.25. The van der Waals surface area contributed by atoms with E-state index in [0.29, 0.717) is 6.04 Å². The zero-order chi connectivity index (χ0) is 10.1. The van der Waals surface area contributed by atoms with Crippen LogP contribution in [0.2, 0.25) is 0 Å². The van der Waals surface area contributed by atoms with Gasteiger partial charge in [0.2, 0.25) is 0 Å². The van der Waals surface area contributed by atoms with Gasteiger partial charge in [0.1, 0.15) is 0 Å². The van der Waals surface area contributed by atoms with Crippen LogP contribution >= 0.6 is 22.6 Å². The van der Waals surface area contributed by atoms with E-state index >= 15 is 0 Å². The topological polar surface area (TPSA) is 38.0 Å². The summed E-state index contributed by atoms with van der Waals surface area (Å²) in [4.78, 5) is 0. The second-order valence-corrected chi connectivity index (χ2v) is 5.40. The molecule has 0 unspecified atom stereocenters. The van der Waals surface area contributed by atoms with E-state index in [9.17, 15) is 0 Å². The van der Waals surface area contributed by atoms with Crippen molar-refractivity contribution in [3.63, 3.8) is 0 Å². The number of hydrogen-bond acceptors (Lipinski definition) is 2.